The average molecular weight is 241 g/mol. The monoisotopic (exact) mass is 240 g/mol. The molecule has 1 unspecified atom stereocenters. The summed E-state index contributed by atoms with van der Waals surface area (Å²) in [6.45, 7) is 3.30. The lowest BCUT2D eigenvalue weighted by Crippen LogP contribution is -2.14. The van der Waals surface area contributed by atoms with E-state index < -0.39 is 25.5 Å². The molecule has 0 aliphatic heterocycles. The van der Waals surface area contributed by atoms with Crippen molar-refractivity contribution in [2.75, 3.05) is 6.16 Å². The van der Waals surface area contributed by atoms with Gasteiger partial charge in [-0.2, -0.15) is 0 Å². The van der Waals surface area contributed by atoms with E-state index in [1.165, 1.54) is 0 Å². The van der Waals surface area contributed by atoms with E-state index in [0.717, 1.165) is 0 Å². The lowest BCUT2D eigenvalue weighted by Gasteiger charge is -2.08. The van der Waals surface area contributed by atoms with Crippen LogP contribution < -0.4 is 0 Å². The van der Waals surface area contributed by atoms with Gasteiger partial charge in [-0.3, -0.25) is 9.36 Å². The first-order chi connectivity index (χ1) is 6.22. The lowest BCUT2D eigenvalue weighted by molar-refractivity contribution is -0.120. The molecule has 0 amide bonds. The summed E-state index contributed by atoms with van der Waals surface area (Å²) in [5.41, 5.74) is 0. The van der Waals surface area contributed by atoms with Crippen molar-refractivity contribution in [2.24, 2.45) is 5.92 Å². The molecule has 0 aromatic heterocycles. The fraction of sp³-hybridized carbons (Fsp3) is 0.625. The van der Waals surface area contributed by atoms with Crippen LogP contribution in [0, 0.1) is 5.92 Å². The molecule has 4 nitrogen and oxygen atoms in total. The highest BCUT2D eigenvalue weighted by molar-refractivity contribution is 7.52. The third-order valence-corrected chi connectivity index (χ3v) is 2.54. The molecule has 0 rings (SSSR count). The molecule has 0 aromatic rings. The smallest absolute Gasteiger partial charge is 0.324 e. The summed E-state index contributed by atoms with van der Waals surface area (Å²) >= 11 is 5.56. The van der Waals surface area contributed by atoms with Crippen molar-refractivity contribution in [3.63, 3.8) is 0 Å². The Kier molecular flexibility index (Phi) is 5.60. The van der Waals surface area contributed by atoms with E-state index in [1.807, 2.05) is 0 Å². The Hall–Kier alpha value is -0.150. The van der Waals surface area contributed by atoms with E-state index in [2.05, 4.69) is 0 Å². The van der Waals surface area contributed by atoms with Gasteiger partial charge in [0.05, 0.1) is 0 Å². The second kappa shape index (κ2) is 5.66. The van der Waals surface area contributed by atoms with Crippen molar-refractivity contribution in [3.8, 4) is 0 Å². The molecule has 82 valence electrons. The molecule has 1 atom stereocenters. The highest BCUT2D eigenvalue weighted by Gasteiger charge is 2.22. The third-order valence-electron chi connectivity index (χ3n) is 1.66. The molecule has 14 heavy (non-hydrogen) atoms. The Morgan fingerprint density at radius 1 is 1.57 bits per heavy atom. The fourth-order valence-electron chi connectivity index (χ4n) is 0.829. The van der Waals surface area contributed by atoms with Crippen molar-refractivity contribution in [3.05, 3.63) is 11.1 Å². The van der Waals surface area contributed by atoms with E-state index in [0.29, 0.717) is 11.5 Å². The molecule has 2 N–H and O–H groups in total. The second-order valence-corrected chi connectivity index (χ2v) is 5.46. The van der Waals surface area contributed by atoms with Gasteiger partial charge in [-0.15, -0.1) is 0 Å². The molecule has 0 bridgehead atoms. The predicted octanol–water partition coefficient (Wildman–Crippen LogP) is 1.90. The first-order valence-electron chi connectivity index (χ1n) is 4.12. The summed E-state index contributed by atoms with van der Waals surface area (Å²) in [5, 5.41) is 0.570. The summed E-state index contributed by atoms with van der Waals surface area (Å²) < 4.78 is 10.5. The fourth-order valence-corrected chi connectivity index (χ4v) is 1.64. The Morgan fingerprint density at radius 3 is 2.43 bits per heavy atom. The Bertz CT molecular complexity index is 277. The number of Topliss-reactive ketones (excluding diaryl/α,β-unsaturated/α-hetero) is 1. The predicted molar refractivity (Wildman–Crippen MR) is 55.3 cm³/mol. The van der Waals surface area contributed by atoms with Crippen LogP contribution in [0.25, 0.3) is 0 Å². The molecule has 0 spiro atoms. The Labute approximate surface area is 88.1 Å². The van der Waals surface area contributed by atoms with Crippen molar-refractivity contribution < 1.29 is 19.1 Å². The van der Waals surface area contributed by atoms with E-state index in [1.54, 1.807) is 19.9 Å². The van der Waals surface area contributed by atoms with Crippen molar-refractivity contribution in [1.29, 1.82) is 0 Å². The van der Waals surface area contributed by atoms with Crippen LogP contribution in [0.15, 0.2) is 11.1 Å². The molecule has 0 fully saturated rings. The van der Waals surface area contributed by atoms with E-state index in [-0.39, 0.29) is 0 Å². The zero-order valence-electron chi connectivity index (χ0n) is 8.11. The molecule has 0 radical (unpaired) electrons. The Morgan fingerprint density at radius 2 is 2.07 bits per heavy atom. The number of allylic oxidation sites excluding steroid dienone is 2. The maximum atomic E-state index is 11.2. The quantitative estimate of drug-likeness (QED) is 0.720. The van der Waals surface area contributed by atoms with Crippen LogP contribution in [0.4, 0.5) is 0 Å². The number of hydrogen-bond donors (Lipinski definition) is 2. The molecule has 6 heteroatoms. The van der Waals surface area contributed by atoms with E-state index in [9.17, 15) is 9.36 Å². The number of ketones is 1. The van der Waals surface area contributed by atoms with Crippen molar-refractivity contribution in [1.82, 2.24) is 0 Å². The van der Waals surface area contributed by atoms with Gasteiger partial charge in [0, 0.05) is 11.0 Å². The van der Waals surface area contributed by atoms with E-state index >= 15 is 0 Å². The van der Waals surface area contributed by atoms with Crippen LogP contribution in [0.3, 0.4) is 0 Å². The number of hydrogen-bond acceptors (Lipinski definition) is 2. The highest BCUT2D eigenvalue weighted by atomic mass is 35.5. The van der Waals surface area contributed by atoms with Gasteiger partial charge in [-0.05, 0) is 13.3 Å². The van der Waals surface area contributed by atoms with Gasteiger partial charge < -0.3 is 9.79 Å². The molecule has 0 heterocycles. The van der Waals surface area contributed by atoms with Gasteiger partial charge in [0.1, 0.15) is 11.9 Å². The molecule has 0 aromatic carbocycles. The van der Waals surface area contributed by atoms with Gasteiger partial charge in [-0.1, -0.05) is 24.6 Å². The van der Waals surface area contributed by atoms with Gasteiger partial charge >= 0.3 is 7.60 Å². The number of carbonyl (C=O) groups is 1. The lowest BCUT2D eigenvalue weighted by atomic mass is 10.0. The first kappa shape index (κ1) is 13.8. The number of carbonyl (C=O) groups excluding carboxylic acids is 1. The number of halogens is 1. The van der Waals surface area contributed by atoms with Crippen molar-refractivity contribution in [2.45, 2.75) is 20.3 Å². The molecular formula is C8H14ClO4P. The molecule has 0 aliphatic rings. The standard InChI is InChI=1S/C8H14ClO4P/c1-6(3-4-7(2)9)8(10)5-14(11,12)13/h4,6H,3,5H2,1-2H3,(H2,11,12,13)/b7-4-. The molecule has 0 saturated heterocycles. The maximum Gasteiger partial charge on any atom is 0.332 e. The van der Waals surface area contributed by atoms with Crippen LogP contribution in [-0.4, -0.2) is 21.7 Å². The molecular weight excluding hydrogens is 227 g/mol. The van der Waals surface area contributed by atoms with Crippen LogP contribution in [-0.2, 0) is 9.36 Å². The molecule has 0 saturated carbocycles. The summed E-state index contributed by atoms with van der Waals surface area (Å²) in [6.07, 6.45) is 1.38. The van der Waals surface area contributed by atoms with Crippen LogP contribution >= 0.6 is 19.2 Å². The zero-order valence-corrected chi connectivity index (χ0v) is 9.76. The van der Waals surface area contributed by atoms with Crippen LogP contribution in [0.1, 0.15) is 20.3 Å². The topological polar surface area (TPSA) is 74.6 Å². The zero-order chi connectivity index (χ0) is 11.4. The summed E-state index contributed by atoms with van der Waals surface area (Å²) in [5.74, 6) is -0.844. The normalized spacial score (nSPS) is 15.4. The van der Waals surface area contributed by atoms with Gasteiger partial charge in [0.2, 0.25) is 0 Å². The summed E-state index contributed by atoms with van der Waals surface area (Å²) in [7, 11) is -4.23. The third kappa shape index (κ3) is 7.27. The SMILES string of the molecule is C/C(Cl)=C/CC(C)C(=O)CP(=O)(O)O. The molecule has 0 aliphatic carbocycles. The first-order valence-corrected chi connectivity index (χ1v) is 6.29. The minimum absolute atomic E-state index is 0.406. The highest BCUT2D eigenvalue weighted by Crippen LogP contribution is 2.35. The van der Waals surface area contributed by atoms with Crippen LogP contribution in [0.2, 0.25) is 0 Å². The minimum Gasteiger partial charge on any atom is -0.324 e. The summed E-state index contributed by atoms with van der Waals surface area (Å²) in [6, 6.07) is 0. The largest absolute Gasteiger partial charge is 0.332 e. The van der Waals surface area contributed by atoms with Gasteiger partial charge in [0.25, 0.3) is 0 Å². The average Bonchev–Trinajstić information content (AvgIpc) is 1.96. The Balaban J connectivity index is 4.14. The second-order valence-electron chi connectivity index (χ2n) is 3.22. The van der Waals surface area contributed by atoms with Gasteiger partial charge in [-0.25, -0.2) is 0 Å². The van der Waals surface area contributed by atoms with E-state index in [4.69, 9.17) is 21.4 Å². The van der Waals surface area contributed by atoms with Crippen LogP contribution in [0.5, 0.6) is 0 Å². The van der Waals surface area contributed by atoms with Gasteiger partial charge in [0.15, 0.2) is 0 Å². The number of rotatable bonds is 5. The maximum absolute atomic E-state index is 11.2. The summed E-state index contributed by atoms with van der Waals surface area (Å²) in [4.78, 5) is 28.3. The minimum atomic E-state index is -4.23. The van der Waals surface area contributed by atoms with Crippen molar-refractivity contribution >= 4 is 25.0 Å².